The number of carbonyl (C=O) groups excluding carboxylic acids is 2. The first-order valence-corrected chi connectivity index (χ1v) is 12.1. The van der Waals surface area contributed by atoms with Crippen LogP contribution >= 0.6 is 34.9 Å². The topological polar surface area (TPSA) is 80.3 Å². The van der Waals surface area contributed by atoms with Crippen molar-refractivity contribution in [2.75, 3.05) is 29.8 Å². The number of carbonyl (C=O) groups is 2. The van der Waals surface area contributed by atoms with Gasteiger partial charge in [0.25, 0.3) is 0 Å². The first kappa shape index (κ1) is 22.2. The largest absolute Gasteiger partial charge is 0.497 e. The summed E-state index contributed by atoms with van der Waals surface area (Å²) >= 11 is 4.39. The number of nitrogens with zero attached hydrogens (tertiary/aromatic N) is 1. The number of hydrogen-bond donors (Lipinski definition) is 2. The van der Waals surface area contributed by atoms with Gasteiger partial charge in [-0.3, -0.25) is 9.59 Å². The number of anilines is 2. The molecule has 0 aliphatic carbocycles. The van der Waals surface area contributed by atoms with E-state index in [1.165, 1.54) is 23.1 Å². The summed E-state index contributed by atoms with van der Waals surface area (Å²) < 4.78 is 5.90. The molecule has 0 bridgehead atoms. The maximum Gasteiger partial charge on any atom is 0.234 e. The van der Waals surface area contributed by atoms with Crippen molar-refractivity contribution < 1.29 is 14.3 Å². The number of thiazole rings is 1. The third-order valence-corrected chi connectivity index (χ3v) is 6.70. The van der Waals surface area contributed by atoms with Crippen LogP contribution in [-0.4, -0.2) is 35.9 Å². The van der Waals surface area contributed by atoms with E-state index in [0.717, 1.165) is 14.9 Å². The fourth-order valence-electron chi connectivity index (χ4n) is 2.53. The number of methoxy groups -OCH3 is 1. The van der Waals surface area contributed by atoms with Gasteiger partial charge in [-0.05, 0) is 36.6 Å². The van der Waals surface area contributed by atoms with Gasteiger partial charge in [-0.25, -0.2) is 4.98 Å². The number of hydrogen-bond acceptors (Lipinski definition) is 7. The molecule has 9 heteroatoms. The molecule has 30 heavy (non-hydrogen) atoms. The van der Waals surface area contributed by atoms with Crippen LogP contribution in [0.15, 0.2) is 63.1 Å². The second kappa shape index (κ2) is 11.1. The van der Waals surface area contributed by atoms with E-state index in [1.807, 2.05) is 48.0 Å². The van der Waals surface area contributed by atoms with Gasteiger partial charge in [-0.1, -0.05) is 23.9 Å². The SMILES string of the molecule is COc1cccc(NC(=O)CSc2nc(CC(=O)Nc3cccc(SC)c3)cs2)c1. The van der Waals surface area contributed by atoms with Crippen LogP contribution in [0, 0.1) is 0 Å². The summed E-state index contributed by atoms with van der Waals surface area (Å²) in [4.78, 5) is 30.0. The van der Waals surface area contributed by atoms with Crippen molar-refractivity contribution in [3.05, 3.63) is 59.6 Å². The Hall–Kier alpha value is -2.49. The predicted molar refractivity (Wildman–Crippen MR) is 125 cm³/mol. The molecule has 0 radical (unpaired) electrons. The van der Waals surface area contributed by atoms with Crippen LogP contribution in [0.2, 0.25) is 0 Å². The number of rotatable bonds is 9. The van der Waals surface area contributed by atoms with Crippen molar-refractivity contribution in [1.82, 2.24) is 4.98 Å². The second-order valence-electron chi connectivity index (χ2n) is 6.13. The molecule has 3 aromatic rings. The zero-order valence-corrected chi connectivity index (χ0v) is 19.0. The highest BCUT2D eigenvalue weighted by molar-refractivity contribution is 8.01. The van der Waals surface area contributed by atoms with Crippen LogP contribution in [0.25, 0.3) is 0 Å². The van der Waals surface area contributed by atoms with Crippen LogP contribution in [0.5, 0.6) is 5.75 Å². The zero-order chi connectivity index (χ0) is 21.3. The zero-order valence-electron chi connectivity index (χ0n) is 16.5. The fourth-order valence-corrected chi connectivity index (χ4v) is 4.64. The predicted octanol–water partition coefficient (Wildman–Crippen LogP) is 4.79. The van der Waals surface area contributed by atoms with Crippen molar-refractivity contribution in [2.45, 2.75) is 15.7 Å². The minimum absolute atomic E-state index is 0.120. The van der Waals surface area contributed by atoms with Crippen molar-refractivity contribution in [2.24, 2.45) is 0 Å². The van der Waals surface area contributed by atoms with Gasteiger partial charge in [0.05, 0.1) is 25.0 Å². The minimum atomic E-state index is -0.128. The molecule has 6 nitrogen and oxygen atoms in total. The quantitative estimate of drug-likeness (QED) is 0.448. The molecule has 2 N–H and O–H groups in total. The Morgan fingerprint density at radius 3 is 2.57 bits per heavy atom. The van der Waals surface area contributed by atoms with Crippen LogP contribution in [0.4, 0.5) is 11.4 Å². The lowest BCUT2D eigenvalue weighted by Gasteiger charge is -2.06. The Balaban J connectivity index is 1.47. The average Bonchev–Trinajstić information content (AvgIpc) is 3.19. The highest BCUT2D eigenvalue weighted by Crippen LogP contribution is 2.24. The smallest absolute Gasteiger partial charge is 0.234 e. The molecule has 156 valence electrons. The lowest BCUT2D eigenvalue weighted by Crippen LogP contribution is -2.15. The monoisotopic (exact) mass is 459 g/mol. The fraction of sp³-hybridized carbons (Fsp3) is 0.190. The number of ether oxygens (including phenoxy) is 1. The second-order valence-corrected chi connectivity index (χ2v) is 9.09. The van der Waals surface area contributed by atoms with Crippen molar-refractivity contribution >= 4 is 58.0 Å². The Bertz CT molecular complexity index is 1020. The van der Waals surface area contributed by atoms with Crippen LogP contribution in [0.1, 0.15) is 5.69 Å². The molecule has 0 aliphatic rings. The molecule has 0 atom stereocenters. The van der Waals surface area contributed by atoms with E-state index in [0.29, 0.717) is 17.1 Å². The lowest BCUT2D eigenvalue weighted by molar-refractivity contribution is -0.116. The number of amides is 2. The van der Waals surface area contributed by atoms with Crippen LogP contribution in [-0.2, 0) is 16.0 Å². The summed E-state index contributed by atoms with van der Waals surface area (Å²) in [5.74, 6) is 0.670. The molecule has 3 rings (SSSR count). The summed E-state index contributed by atoms with van der Waals surface area (Å²) in [7, 11) is 1.58. The molecule has 0 unspecified atom stereocenters. The molecule has 0 saturated heterocycles. The van der Waals surface area contributed by atoms with Crippen LogP contribution in [0.3, 0.4) is 0 Å². The molecule has 0 fully saturated rings. The normalized spacial score (nSPS) is 10.5. The third-order valence-electron chi connectivity index (χ3n) is 3.91. The van der Waals surface area contributed by atoms with E-state index in [9.17, 15) is 9.59 Å². The average molecular weight is 460 g/mol. The molecule has 1 aromatic heterocycles. The van der Waals surface area contributed by atoms with E-state index in [4.69, 9.17) is 4.74 Å². The molecule has 0 spiro atoms. The van der Waals surface area contributed by atoms with Crippen molar-refractivity contribution in [3.63, 3.8) is 0 Å². The highest BCUT2D eigenvalue weighted by atomic mass is 32.2. The lowest BCUT2D eigenvalue weighted by atomic mass is 10.3. The standard InChI is InChI=1S/C21H21N3O3S3/c1-27-17-7-3-5-14(9-17)23-20(26)13-30-21-24-16(12-29-21)11-19(25)22-15-6-4-8-18(10-15)28-2/h3-10,12H,11,13H2,1-2H3,(H,22,25)(H,23,26). The van der Waals surface area contributed by atoms with Crippen molar-refractivity contribution in [3.8, 4) is 5.75 Å². The first-order valence-electron chi connectivity index (χ1n) is 9.00. The summed E-state index contributed by atoms with van der Waals surface area (Å²) in [5.41, 5.74) is 2.14. The van der Waals surface area contributed by atoms with Gasteiger partial charge < -0.3 is 15.4 Å². The van der Waals surface area contributed by atoms with Gasteiger partial charge in [0.1, 0.15) is 5.75 Å². The summed E-state index contributed by atoms with van der Waals surface area (Å²) in [6, 6.07) is 14.9. The molecule has 2 aromatic carbocycles. The van der Waals surface area contributed by atoms with E-state index in [-0.39, 0.29) is 24.0 Å². The van der Waals surface area contributed by atoms with E-state index >= 15 is 0 Å². The first-order chi connectivity index (χ1) is 14.6. The van der Waals surface area contributed by atoms with Gasteiger partial charge in [0, 0.05) is 27.7 Å². The summed E-state index contributed by atoms with van der Waals surface area (Å²) in [5, 5.41) is 7.57. The van der Waals surface area contributed by atoms with Gasteiger partial charge >= 0.3 is 0 Å². The Morgan fingerprint density at radius 2 is 1.80 bits per heavy atom. The van der Waals surface area contributed by atoms with Gasteiger partial charge in [0.15, 0.2) is 4.34 Å². The summed E-state index contributed by atoms with van der Waals surface area (Å²) in [6.45, 7) is 0. The number of nitrogens with one attached hydrogen (secondary N) is 2. The van der Waals surface area contributed by atoms with Gasteiger partial charge in [0.2, 0.25) is 11.8 Å². The number of thioether (sulfide) groups is 2. The number of benzene rings is 2. The summed E-state index contributed by atoms with van der Waals surface area (Å²) in [6.07, 6.45) is 2.18. The van der Waals surface area contributed by atoms with Crippen LogP contribution < -0.4 is 15.4 Å². The Morgan fingerprint density at radius 1 is 1.07 bits per heavy atom. The number of aromatic nitrogens is 1. The highest BCUT2D eigenvalue weighted by Gasteiger charge is 2.11. The van der Waals surface area contributed by atoms with E-state index < -0.39 is 0 Å². The molecule has 1 heterocycles. The third kappa shape index (κ3) is 6.79. The molecule has 0 aliphatic heterocycles. The molecule has 2 amide bonds. The maximum absolute atomic E-state index is 12.3. The molecule has 0 saturated carbocycles. The molecular weight excluding hydrogens is 438 g/mol. The Kier molecular flexibility index (Phi) is 8.18. The minimum Gasteiger partial charge on any atom is -0.497 e. The van der Waals surface area contributed by atoms with Crippen molar-refractivity contribution in [1.29, 1.82) is 0 Å². The van der Waals surface area contributed by atoms with E-state index in [1.54, 1.807) is 31.0 Å². The van der Waals surface area contributed by atoms with E-state index in [2.05, 4.69) is 15.6 Å². The van der Waals surface area contributed by atoms with Gasteiger partial charge in [-0.2, -0.15) is 0 Å². The Labute approximate surface area is 187 Å². The molecular formula is C21H21N3O3S3. The maximum atomic E-state index is 12.3. The van der Waals surface area contributed by atoms with Gasteiger partial charge in [-0.15, -0.1) is 23.1 Å².